The van der Waals surface area contributed by atoms with Crippen LogP contribution >= 0.6 is 0 Å². The van der Waals surface area contributed by atoms with Crippen molar-refractivity contribution < 1.29 is 18.8 Å². The first-order chi connectivity index (χ1) is 9.68. The Hall–Kier alpha value is -1.04. The molecule has 116 valence electrons. The smallest absolute Gasteiger partial charge is 0.468 e. The summed E-state index contributed by atoms with van der Waals surface area (Å²) in [6.07, 6.45) is 0. The highest BCUT2D eigenvalue weighted by Crippen LogP contribution is 2.37. The third kappa shape index (κ3) is 3.10. The minimum Gasteiger partial charge on any atom is -0.468 e. The Labute approximate surface area is 127 Å². The molecule has 5 heteroatoms. The SMILES string of the molecule is COCOc1cc(C)c(C)c(B2OC(C)(C)C(C)(C)O2)c1. The maximum atomic E-state index is 6.14. The van der Waals surface area contributed by atoms with E-state index in [0.717, 1.165) is 16.8 Å². The number of methoxy groups -OCH3 is 1. The Morgan fingerprint density at radius 2 is 1.62 bits per heavy atom. The van der Waals surface area contributed by atoms with E-state index >= 15 is 0 Å². The maximum absolute atomic E-state index is 6.14. The van der Waals surface area contributed by atoms with Gasteiger partial charge in [-0.05, 0) is 70.3 Å². The summed E-state index contributed by atoms with van der Waals surface area (Å²) in [6.45, 7) is 12.6. The highest BCUT2D eigenvalue weighted by Gasteiger charge is 2.52. The third-order valence-electron chi connectivity index (χ3n) is 4.53. The number of benzene rings is 1. The zero-order valence-electron chi connectivity index (χ0n) is 14.1. The summed E-state index contributed by atoms with van der Waals surface area (Å²) in [5, 5.41) is 0. The second kappa shape index (κ2) is 5.63. The summed E-state index contributed by atoms with van der Waals surface area (Å²) in [5.74, 6) is 0.768. The van der Waals surface area contributed by atoms with Crippen molar-refractivity contribution in [3.05, 3.63) is 23.3 Å². The fourth-order valence-corrected chi connectivity index (χ4v) is 2.28. The molecule has 2 rings (SSSR count). The highest BCUT2D eigenvalue weighted by molar-refractivity contribution is 6.62. The topological polar surface area (TPSA) is 36.9 Å². The van der Waals surface area contributed by atoms with Crippen LogP contribution in [0.4, 0.5) is 0 Å². The third-order valence-corrected chi connectivity index (χ3v) is 4.53. The minimum atomic E-state index is -0.375. The molecular weight excluding hydrogens is 267 g/mol. The van der Waals surface area contributed by atoms with Gasteiger partial charge in [0.05, 0.1) is 11.2 Å². The predicted octanol–water partition coefficient (Wildman–Crippen LogP) is 2.59. The first kappa shape index (κ1) is 16.3. The van der Waals surface area contributed by atoms with E-state index in [1.807, 2.05) is 12.1 Å². The van der Waals surface area contributed by atoms with Gasteiger partial charge in [-0.2, -0.15) is 0 Å². The summed E-state index contributed by atoms with van der Waals surface area (Å²) in [5.41, 5.74) is 2.63. The average Bonchev–Trinajstić information content (AvgIpc) is 2.59. The molecule has 0 bridgehead atoms. The molecule has 1 aliphatic rings. The first-order valence-corrected chi connectivity index (χ1v) is 7.26. The van der Waals surface area contributed by atoms with Crippen molar-refractivity contribution in [1.29, 1.82) is 0 Å². The van der Waals surface area contributed by atoms with Crippen LogP contribution in [-0.4, -0.2) is 32.2 Å². The molecule has 0 aromatic heterocycles. The van der Waals surface area contributed by atoms with Gasteiger partial charge in [0.25, 0.3) is 0 Å². The lowest BCUT2D eigenvalue weighted by Crippen LogP contribution is -2.41. The molecule has 1 heterocycles. The lowest BCUT2D eigenvalue weighted by molar-refractivity contribution is 0.00578. The number of hydrogen-bond acceptors (Lipinski definition) is 4. The van der Waals surface area contributed by atoms with Crippen molar-refractivity contribution >= 4 is 12.6 Å². The van der Waals surface area contributed by atoms with Gasteiger partial charge in [-0.15, -0.1) is 0 Å². The van der Waals surface area contributed by atoms with Crippen LogP contribution in [0.15, 0.2) is 12.1 Å². The van der Waals surface area contributed by atoms with Crippen LogP contribution in [0.5, 0.6) is 5.75 Å². The van der Waals surface area contributed by atoms with E-state index in [9.17, 15) is 0 Å². The van der Waals surface area contributed by atoms with E-state index < -0.39 is 0 Å². The van der Waals surface area contributed by atoms with Gasteiger partial charge in [0.2, 0.25) is 0 Å². The molecule has 1 aromatic carbocycles. The second-order valence-electron chi connectivity index (χ2n) is 6.59. The summed E-state index contributed by atoms with van der Waals surface area (Å²) < 4.78 is 22.8. The normalized spacial score (nSPS) is 19.9. The molecule has 0 unspecified atom stereocenters. The van der Waals surface area contributed by atoms with E-state index in [0.29, 0.717) is 0 Å². The van der Waals surface area contributed by atoms with E-state index in [4.69, 9.17) is 18.8 Å². The standard InChI is InChI=1S/C16H25BO4/c1-11-8-13(19-10-18-7)9-14(12(11)2)17-20-15(3,4)16(5,6)21-17/h8-9H,10H2,1-7H3. The van der Waals surface area contributed by atoms with Crippen molar-refractivity contribution in [3.63, 3.8) is 0 Å². The van der Waals surface area contributed by atoms with Crippen LogP contribution in [0.3, 0.4) is 0 Å². The van der Waals surface area contributed by atoms with Gasteiger partial charge >= 0.3 is 7.12 Å². The van der Waals surface area contributed by atoms with Crippen LogP contribution in [0, 0.1) is 13.8 Å². The fourth-order valence-electron chi connectivity index (χ4n) is 2.28. The molecule has 0 N–H and O–H groups in total. The molecule has 1 aromatic rings. The quantitative estimate of drug-likeness (QED) is 0.631. The van der Waals surface area contributed by atoms with Crippen molar-refractivity contribution in [2.24, 2.45) is 0 Å². The summed E-state index contributed by atoms with van der Waals surface area (Å²) >= 11 is 0. The molecule has 1 aliphatic heterocycles. The molecule has 0 atom stereocenters. The molecular formula is C16H25BO4. The Balaban J connectivity index is 2.34. The molecule has 0 spiro atoms. The second-order valence-corrected chi connectivity index (χ2v) is 6.59. The van der Waals surface area contributed by atoms with Crippen molar-refractivity contribution in [2.75, 3.05) is 13.9 Å². The number of ether oxygens (including phenoxy) is 2. The van der Waals surface area contributed by atoms with Crippen LogP contribution in [0.1, 0.15) is 38.8 Å². The van der Waals surface area contributed by atoms with Gasteiger partial charge < -0.3 is 18.8 Å². The highest BCUT2D eigenvalue weighted by atomic mass is 16.7. The molecule has 4 nitrogen and oxygen atoms in total. The molecule has 1 saturated heterocycles. The number of hydrogen-bond donors (Lipinski definition) is 0. The van der Waals surface area contributed by atoms with E-state index in [-0.39, 0.29) is 25.1 Å². The van der Waals surface area contributed by atoms with Gasteiger partial charge in [-0.1, -0.05) is 0 Å². The number of aryl methyl sites for hydroxylation is 1. The van der Waals surface area contributed by atoms with Crippen molar-refractivity contribution in [2.45, 2.75) is 52.7 Å². The monoisotopic (exact) mass is 292 g/mol. The molecule has 1 fully saturated rings. The van der Waals surface area contributed by atoms with E-state index in [2.05, 4.69) is 41.5 Å². The molecule has 0 radical (unpaired) electrons. The molecule has 0 aliphatic carbocycles. The zero-order valence-corrected chi connectivity index (χ0v) is 14.1. The van der Waals surface area contributed by atoms with Gasteiger partial charge in [0.15, 0.2) is 6.79 Å². The van der Waals surface area contributed by atoms with Crippen LogP contribution < -0.4 is 10.2 Å². The van der Waals surface area contributed by atoms with Gasteiger partial charge in [0, 0.05) is 7.11 Å². The van der Waals surface area contributed by atoms with Crippen molar-refractivity contribution in [1.82, 2.24) is 0 Å². The lowest BCUT2D eigenvalue weighted by Gasteiger charge is -2.32. The lowest BCUT2D eigenvalue weighted by atomic mass is 9.75. The van der Waals surface area contributed by atoms with Crippen LogP contribution in [0.2, 0.25) is 0 Å². The average molecular weight is 292 g/mol. The molecule has 0 saturated carbocycles. The van der Waals surface area contributed by atoms with E-state index in [1.165, 1.54) is 5.56 Å². The zero-order chi connectivity index (χ0) is 15.8. The van der Waals surface area contributed by atoms with Gasteiger partial charge in [0.1, 0.15) is 5.75 Å². The summed E-state index contributed by atoms with van der Waals surface area (Å²) in [7, 11) is 1.23. The number of rotatable bonds is 4. The molecule has 21 heavy (non-hydrogen) atoms. The minimum absolute atomic E-state index is 0.227. The molecule has 0 amide bonds. The Kier molecular flexibility index (Phi) is 4.38. The van der Waals surface area contributed by atoms with Gasteiger partial charge in [-0.3, -0.25) is 0 Å². The fraction of sp³-hybridized carbons (Fsp3) is 0.625. The largest absolute Gasteiger partial charge is 0.495 e. The predicted molar refractivity (Wildman–Crippen MR) is 84.1 cm³/mol. The Morgan fingerprint density at radius 1 is 1.05 bits per heavy atom. The Morgan fingerprint density at radius 3 is 2.14 bits per heavy atom. The summed E-state index contributed by atoms with van der Waals surface area (Å²) in [4.78, 5) is 0. The van der Waals surface area contributed by atoms with Crippen molar-refractivity contribution in [3.8, 4) is 5.75 Å². The Bertz CT molecular complexity index is 509. The van der Waals surface area contributed by atoms with Gasteiger partial charge in [-0.25, -0.2) is 0 Å². The van der Waals surface area contributed by atoms with E-state index in [1.54, 1.807) is 7.11 Å². The summed E-state index contributed by atoms with van der Waals surface area (Å²) in [6, 6.07) is 3.98. The van der Waals surface area contributed by atoms with Crippen LogP contribution in [0.25, 0.3) is 0 Å². The van der Waals surface area contributed by atoms with Crippen LogP contribution in [-0.2, 0) is 14.0 Å². The maximum Gasteiger partial charge on any atom is 0.495 e. The first-order valence-electron chi connectivity index (χ1n) is 7.26.